The van der Waals surface area contributed by atoms with Crippen LogP contribution in [-0.2, 0) is 8.85 Å². The third-order valence-electron chi connectivity index (χ3n) is 4.72. The first kappa shape index (κ1) is 22.1. The van der Waals surface area contributed by atoms with Crippen molar-refractivity contribution >= 4 is 8.88 Å². The minimum Gasteiger partial charge on any atom is -0.369 e. The predicted octanol–water partition coefficient (Wildman–Crippen LogP) is 4.66. The molecule has 24 heavy (non-hydrogen) atoms. The molecule has 2 fully saturated rings. The molecule has 5 heteroatoms. The average molecular weight is 359 g/mol. The molecule has 4 nitrogen and oxygen atoms in total. The van der Waals surface area contributed by atoms with Crippen LogP contribution in [0, 0.1) is 0 Å². The molecule has 2 heterocycles. The van der Waals surface area contributed by atoms with Crippen molar-refractivity contribution in [1.29, 1.82) is 0 Å². The van der Waals surface area contributed by atoms with E-state index in [0.717, 1.165) is 26.3 Å². The maximum absolute atomic E-state index is 6.15. The number of nitrogens with zero attached hydrogens (tertiary/aromatic N) is 2. The highest BCUT2D eigenvalue weighted by molar-refractivity contribution is 6.63. The lowest BCUT2D eigenvalue weighted by Crippen LogP contribution is -2.70. The molecule has 0 unspecified atom stereocenters. The SMILES string of the molecule is CC(C)(C)N1CCO[Si]12OCCN2C(C)(C)C.CCCCCCC. The van der Waals surface area contributed by atoms with Crippen LogP contribution >= 0.6 is 0 Å². The Balaban J connectivity index is 0.000000351. The quantitative estimate of drug-likeness (QED) is 0.539. The lowest BCUT2D eigenvalue weighted by atomic mass is 10.1. The molecule has 0 aromatic rings. The van der Waals surface area contributed by atoms with E-state index in [2.05, 4.69) is 64.5 Å². The standard InChI is InChI=1S/C12H26N2O2Si.C7H16/c1-11(2,3)13-7-9-15-17(13)14(8-10-16-17)12(4,5)6;1-3-5-7-6-4-2/h7-10H2,1-6H3;3-7H2,1-2H3. The summed E-state index contributed by atoms with van der Waals surface area (Å²) in [7, 11) is -2.33. The van der Waals surface area contributed by atoms with Gasteiger partial charge < -0.3 is 8.85 Å². The molecule has 0 aliphatic carbocycles. The van der Waals surface area contributed by atoms with Crippen molar-refractivity contribution in [2.24, 2.45) is 0 Å². The number of unbranched alkanes of at least 4 members (excludes halogenated alkanes) is 4. The molecular weight excluding hydrogens is 316 g/mol. The summed E-state index contributed by atoms with van der Waals surface area (Å²) < 4.78 is 17.2. The van der Waals surface area contributed by atoms with Gasteiger partial charge in [0.2, 0.25) is 0 Å². The summed E-state index contributed by atoms with van der Waals surface area (Å²) in [5.74, 6) is 0. The molecule has 0 N–H and O–H groups in total. The van der Waals surface area contributed by atoms with Gasteiger partial charge in [0.1, 0.15) is 0 Å². The van der Waals surface area contributed by atoms with E-state index in [1.54, 1.807) is 0 Å². The Labute approximate surface area is 152 Å². The number of hydrogen-bond acceptors (Lipinski definition) is 4. The second-order valence-electron chi connectivity index (χ2n) is 8.95. The Hall–Kier alpha value is 0.0569. The molecule has 0 saturated carbocycles. The van der Waals surface area contributed by atoms with Gasteiger partial charge in [-0.15, -0.1) is 0 Å². The van der Waals surface area contributed by atoms with E-state index < -0.39 is 8.88 Å². The van der Waals surface area contributed by atoms with Gasteiger partial charge in [-0.1, -0.05) is 46.0 Å². The van der Waals surface area contributed by atoms with Crippen LogP contribution in [0.4, 0.5) is 0 Å². The largest absolute Gasteiger partial charge is 0.523 e. The first-order valence-electron chi connectivity index (χ1n) is 9.93. The molecule has 2 rings (SSSR count). The molecule has 0 aromatic heterocycles. The van der Waals surface area contributed by atoms with E-state index in [1.807, 2.05) is 0 Å². The summed E-state index contributed by atoms with van der Waals surface area (Å²) in [6.45, 7) is 21.6. The fourth-order valence-corrected chi connectivity index (χ4v) is 7.67. The molecule has 0 atom stereocenters. The van der Waals surface area contributed by atoms with Crippen LogP contribution in [0.25, 0.3) is 0 Å². The van der Waals surface area contributed by atoms with Gasteiger partial charge in [0.05, 0.1) is 13.2 Å². The molecule has 2 aliphatic rings. The Kier molecular flexibility index (Phi) is 8.40. The maximum atomic E-state index is 6.15. The van der Waals surface area contributed by atoms with E-state index >= 15 is 0 Å². The van der Waals surface area contributed by atoms with Gasteiger partial charge in [-0.25, -0.2) is 0 Å². The summed E-state index contributed by atoms with van der Waals surface area (Å²) in [6, 6.07) is 0. The topological polar surface area (TPSA) is 24.9 Å². The maximum Gasteiger partial charge on any atom is 0.523 e. The Morgan fingerprint density at radius 3 is 1.38 bits per heavy atom. The number of hydrogen-bond donors (Lipinski definition) is 0. The van der Waals surface area contributed by atoms with Crippen molar-refractivity contribution in [2.45, 2.75) is 98.6 Å². The van der Waals surface area contributed by atoms with Gasteiger partial charge >= 0.3 is 8.88 Å². The summed E-state index contributed by atoms with van der Waals surface area (Å²) in [6.07, 6.45) is 7.01. The van der Waals surface area contributed by atoms with E-state index in [4.69, 9.17) is 8.85 Å². The first-order chi connectivity index (χ1) is 11.1. The van der Waals surface area contributed by atoms with E-state index in [1.165, 1.54) is 32.1 Å². The normalized spacial score (nSPS) is 22.0. The van der Waals surface area contributed by atoms with Crippen LogP contribution in [0.1, 0.15) is 87.5 Å². The van der Waals surface area contributed by atoms with Gasteiger partial charge in [0, 0.05) is 24.2 Å². The van der Waals surface area contributed by atoms with Crippen molar-refractivity contribution in [2.75, 3.05) is 26.3 Å². The highest BCUT2D eigenvalue weighted by Gasteiger charge is 2.63. The highest BCUT2D eigenvalue weighted by atomic mass is 28.4. The van der Waals surface area contributed by atoms with Crippen molar-refractivity contribution in [3.63, 3.8) is 0 Å². The van der Waals surface area contributed by atoms with Crippen LogP contribution in [-0.4, -0.2) is 55.4 Å². The molecule has 0 bridgehead atoms. The van der Waals surface area contributed by atoms with E-state index in [9.17, 15) is 0 Å². The van der Waals surface area contributed by atoms with E-state index in [-0.39, 0.29) is 11.1 Å². The van der Waals surface area contributed by atoms with Crippen LogP contribution in [0.3, 0.4) is 0 Å². The third-order valence-corrected chi connectivity index (χ3v) is 9.03. The zero-order valence-corrected chi connectivity index (χ0v) is 18.6. The van der Waals surface area contributed by atoms with Gasteiger partial charge in [0.25, 0.3) is 0 Å². The van der Waals surface area contributed by atoms with Gasteiger partial charge in [-0.05, 0) is 41.5 Å². The first-order valence-corrected chi connectivity index (χ1v) is 11.6. The molecule has 0 amide bonds. The monoisotopic (exact) mass is 358 g/mol. The van der Waals surface area contributed by atoms with Gasteiger partial charge in [-0.2, -0.15) is 0 Å². The Morgan fingerprint density at radius 2 is 1.08 bits per heavy atom. The average Bonchev–Trinajstić information content (AvgIpc) is 3.07. The highest BCUT2D eigenvalue weighted by Crippen LogP contribution is 2.37. The van der Waals surface area contributed by atoms with E-state index in [0.29, 0.717) is 0 Å². The molecular formula is C19H42N2O2Si. The minimum atomic E-state index is -2.33. The zero-order valence-electron chi connectivity index (χ0n) is 17.6. The second kappa shape index (κ2) is 9.13. The molecule has 144 valence electrons. The van der Waals surface area contributed by atoms with Gasteiger partial charge in [-0.3, -0.25) is 9.13 Å². The predicted molar refractivity (Wildman–Crippen MR) is 105 cm³/mol. The molecule has 2 saturated heterocycles. The number of rotatable bonds is 4. The van der Waals surface area contributed by atoms with Crippen molar-refractivity contribution in [3.05, 3.63) is 0 Å². The van der Waals surface area contributed by atoms with Crippen LogP contribution in [0.2, 0.25) is 0 Å². The lowest BCUT2D eigenvalue weighted by molar-refractivity contribution is 0.114. The summed E-state index contributed by atoms with van der Waals surface area (Å²) in [5.41, 5.74) is 0.215. The van der Waals surface area contributed by atoms with Crippen molar-refractivity contribution < 1.29 is 8.85 Å². The van der Waals surface area contributed by atoms with Crippen molar-refractivity contribution in [3.8, 4) is 0 Å². The smallest absolute Gasteiger partial charge is 0.369 e. The molecule has 1 spiro atoms. The zero-order chi connectivity index (χ0) is 18.4. The van der Waals surface area contributed by atoms with Crippen molar-refractivity contribution in [1.82, 2.24) is 9.13 Å². The van der Waals surface area contributed by atoms with Gasteiger partial charge in [0.15, 0.2) is 0 Å². The van der Waals surface area contributed by atoms with Crippen LogP contribution in [0.5, 0.6) is 0 Å². The molecule has 0 aromatic carbocycles. The summed E-state index contributed by atoms with van der Waals surface area (Å²) in [5, 5.41) is 0. The third kappa shape index (κ3) is 5.53. The Bertz CT molecular complexity index is 329. The van der Waals surface area contributed by atoms with Crippen LogP contribution in [0.15, 0.2) is 0 Å². The second-order valence-corrected chi connectivity index (χ2v) is 11.7. The molecule has 0 radical (unpaired) electrons. The fourth-order valence-electron chi connectivity index (χ4n) is 3.52. The fraction of sp³-hybridized carbons (Fsp3) is 1.00. The van der Waals surface area contributed by atoms with Crippen LogP contribution < -0.4 is 0 Å². The minimum absolute atomic E-state index is 0.108. The molecule has 2 aliphatic heterocycles. The lowest BCUT2D eigenvalue weighted by Gasteiger charge is -2.46. The summed E-state index contributed by atoms with van der Waals surface area (Å²) >= 11 is 0. The Morgan fingerprint density at radius 1 is 0.708 bits per heavy atom. The summed E-state index contributed by atoms with van der Waals surface area (Å²) in [4.78, 5) is 0.